The van der Waals surface area contributed by atoms with E-state index in [-0.39, 0.29) is 11.9 Å². The Bertz CT molecular complexity index is 607. The molecule has 1 amide bonds. The molecule has 0 atom stereocenters. The fourth-order valence-corrected chi connectivity index (χ4v) is 1.94. The lowest BCUT2D eigenvalue weighted by atomic mass is 10.1. The summed E-state index contributed by atoms with van der Waals surface area (Å²) in [7, 11) is 0. The van der Waals surface area contributed by atoms with Crippen molar-refractivity contribution in [2.24, 2.45) is 0 Å². The van der Waals surface area contributed by atoms with E-state index < -0.39 is 0 Å². The van der Waals surface area contributed by atoms with E-state index in [4.69, 9.17) is 4.52 Å². The number of rotatable bonds is 6. The summed E-state index contributed by atoms with van der Waals surface area (Å²) in [5, 5.41) is 9.84. The van der Waals surface area contributed by atoms with Gasteiger partial charge in [0.1, 0.15) is 0 Å². The molecule has 0 fully saturated rings. The van der Waals surface area contributed by atoms with Crippen molar-refractivity contribution in [2.75, 3.05) is 11.9 Å². The van der Waals surface area contributed by atoms with Gasteiger partial charge in [0.05, 0.1) is 5.56 Å². The van der Waals surface area contributed by atoms with Crippen LogP contribution in [0.2, 0.25) is 0 Å². The van der Waals surface area contributed by atoms with Gasteiger partial charge in [0.15, 0.2) is 5.82 Å². The molecular weight excluding hydrogens is 268 g/mol. The van der Waals surface area contributed by atoms with Crippen LogP contribution in [0.1, 0.15) is 35.9 Å². The number of amides is 1. The van der Waals surface area contributed by atoms with Crippen LogP contribution in [0.15, 0.2) is 28.8 Å². The monoisotopic (exact) mass is 288 g/mol. The van der Waals surface area contributed by atoms with Crippen molar-refractivity contribution in [2.45, 2.75) is 33.2 Å². The maximum absolute atomic E-state index is 12.2. The Morgan fingerprint density at radius 2 is 2.10 bits per heavy atom. The van der Waals surface area contributed by atoms with Crippen LogP contribution in [0.3, 0.4) is 0 Å². The summed E-state index contributed by atoms with van der Waals surface area (Å²) in [6.45, 7) is 6.29. The molecule has 112 valence electrons. The summed E-state index contributed by atoms with van der Waals surface area (Å²) in [6.07, 6.45) is 0.520. The van der Waals surface area contributed by atoms with E-state index in [9.17, 15) is 4.79 Å². The normalized spacial score (nSPS) is 10.7. The minimum absolute atomic E-state index is 0.116. The van der Waals surface area contributed by atoms with Crippen molar-refractivity contribution in [1.29, 1.82) is 0 Å². The Kier molecular flexibility index (Phi) is 4.92. The van der Waals surface area contributed by atoms with Gasteiger partial charge in [0, 0.05) is 24.7 Å². The minimum Gasteiger partial charge on any atom is -0.382 e. The van der Waals surface area contributed by atoms with E-state index in [0.717, 1.165) is 5.69 Å². The zero-order chi connectivity index (χ0) is 15.2. The molecule has 0 saturated heterocycles. The first kappa shape index (κ1) is 15.0. The number of nitrogens with one attached hydrogen (secondary N) is 2. The van der Waals surface area contributed by atoms with Crippen molar-refractivity contribution in [1.82, 2.24) is 15.5 Å². The van der Waals surface area contributed by atoms with Crippen LogP contribution >= 0.6 is 0 Å². The number of benzene rings is 1. The molecule has 0 bridgehead atoms. The third-order valence-corrected chi connectivity index (χ3v) is 2.81. The summed E-state index contributed by atoms with van der Waals surface area (Å²) >= 11 is 0. The van der Waals surface area contributed by atoms with Gasteiger partial charge in [-0.05, 0) is 32.9 Å². The average Bonchev–Trinajstić information content (AvgIpc) is 2.84. The third-order valence-electron chi connectivity index (χ3n) is 2.81. The predicted octanol–water partition coefficient (Wildman–Crippen LogP) is 2.17. The van der Waals surface area contributed by atoms with Crippen molar-refractivity contribution in [3.05, 3.63) is 41.5 Å². The highest BCUT2D eigenvalue weighted by Gasteiger charge is 2.11. The van der Waals surface area contributed by atoms with E-state index >= 15 is 0 Å². The van der Waals surface area contributed by atoms with Crippen molar-refractivity contribution in [3.8, 4) is 0 Å². The molecule has 21 heavy (non-hydrogen) atoms. The lowest BCUT2D eigenvalue weighted by Crippen LogP contribution is -2.27. The van der Waals surface area contributed by atoms with Crippen molar-refractivity contribution in [3.63, 3.8) is 0 Å². The highest BCUT2D eigenvalue weighted by atomic mass is 16.5. The molecule has 1 heterocycles. The summed E-state index contributed by atoms with van der Waals surface area (Å²) in [5.41, 5.74) is 1.46. The molecule has 0 aliphatic carbocycles. The maximum atomic E-state index is 12.2. The number of hydrogen-bond donors (Lipinski definition) is 2. The first-order valence-electron chi connectivity index (χ1n) is 6.99. The zero-order valence-electron chi connectivity index (χ0n) is 12.5. The van der Waals surface area contributed by atoms with E-state index in [0.29, 0.717) is 30.2 Å². The smallest absolute Gasteiger partial charge is 0.253 e. The van der Waals surface area contributed by atoms with Gasteiger partial charge in [-0.25, -0.2) is 0 Å². The van der Waals surface area contributed by atoms with Gasteiger partial charge in [0.25, 0.3) is 5.91 Å². The number of hydrogen-bond acceptors (Lipinski definition) is 5. The molecule has 2 aromatic rings. The van der Waals surface area contributed by atoms with Gasteiger partial charge in [-0.2, -0.15) is 4.98 Å². The van der Waals surface area contributed by atoms with Gasteiger partial charge in [-0.15, -0.1) is 0 Å². The minimum atomic E-state index is -0.116. The van der Waals surface area contributed by atoms with Crippen LogP contribution in [0.5, 0.6) is 0 Å². The lowest BCUT2D eigenvalue weighted by Gasteiger charge is -2.14. The zero-order valence-corrected chi connectivity index (χ0v) is 12.5. The predicted molar refractivity (Wildman–Crippen MR) is 80.3 cm³/mol. The van der Waals surface area contributed by atoms with Crippen LogP contribution in [0, 0.1) is 6.92 Å². The van der Waals surface area contributed by atoms with Gasteiger partial charge >= 0.3 is 0 Å². The van der Waals surface area contributed by atoms with Gasteiger partial charge in [0.2, 0.25) is 5.89 Å². The quantitative estimate of drug-likeness (QED) is 0.851. The second kappa shape index (κ2) is 6.88. The van der Waals surface area contributed by atoms with E-state index in [1.54, 1.807) is 13.0 Å². The molecule has 1 aromatic carbocycles. The van der Waals surface area contributed by atoms with Crippen molar-refractivity contribution >= 4 is 11.6 Å². The summed E-state index contributed by atoms with van der Waals surface area (Å²) < 4.78 is 5.00. The fourth-order valence-electron chi connectivity index (χ4n) is 1.94. The Morgan fingerprint density at radius 1 is 1.33 bits per heavy atom. The number of carbonyl (C=O) groups is 1. The molecule has 0 aliphatic rings. The Hall–Kier alpha value is -2.37. The van der Waals surface area contributed by atoms with E-state index in [1.807, 2.05) is 32.0 Å². The molecular formula is C15H20N4O2. The standard InChI is InChI=1S/C15H20N4O2/c1-10(2)17-13-7-5-4-6-12(13)15(20)16-9-8-14-18-11(3)19-21-14/h4-7,10,17H,8-9H2,1-3H3,(H,16,20). The number of para-hydroxylation sites is 1. The van der Waals surface area contributed by atoms with E-state index in [1.165, 1.54) is 0 Å². The first-order chi connectivity index (χ1) is 10.1. The largest absolute Gasteiger partial charge is 0.382 e. The van der Waals surface area contributed by atoms with Crippen LogP contribution in [0.4, 0.5) is 5.69 Å². The van der Waals surface area contributed by atoms with Crippen LogP contribution in [0.25, 0.3) is 0 Å². The number of anilines is 1. The highest BCUT2D eigenvalue weighted by molar-refractivity contribution is 5.99. The SMILES string of the molecule is Cc1noc(CCNC(=O)c2ccccc2NC(C)C)n1. The lowest BCUT2D eigenvalue weighted by molar-refractivity contribution is 0.0954. The second-order valence-corrected chi connectivity index (χ2v) is 5.09. The highest BCUT2D eigenvalue weighted by Crippen LogP contribution is 2.15. The molecule has 6 nitrogen and oxygen atoms in total. The Labute approximate surface area is 123 Å². The van der Waals surface area contributed by atoms with Crippen LogP contribution < -0.4 is 10.6 Å². The summed E-state index contributed by atoms with van der Waals surface area (Å²) in [6, 6.07) is 7.72. The number of aryl methyl sites for hydroxylation is 1. The maximum Gasteiger partial charge on any atom is 0.253 e. The summed E-state index contributed by atoms with van der Waals surface area (Å²) in [4.78, 5) is 16.3. The average molecular weight is 288 g/mol. The molecule has 0 spiro atoms. The first-order valence-corrected chi connectivity index (χ1v) is 6.99. The molecule has 2 N–H and O–H groups in total. The molecule has 6 heteroatoms. The molecule has 0 aliphatic heterocycles. The Balaban J connectivity index is 1.94. The number of aromatic nitrogens is 2. The van der Waals surface area contributed by atoms with Crippen molar-refractivity contribution < 1.29 is 9.32 Å². The van der Waals surface area contributed by atoms with Gasteiger partial charge < -0.3 is 15.2 Å². The number of nitrogens with zero attached hydrogens (tertiary/aromatic N) is 2. The number of carbonyl (C=O) groups excluding carboxylic acids is 1. The second-order valence-electron chi connectivity index (χ2n) is 5.09. The van der Waals surface area contributed by atoms with Gasteiger partial charge in [-0.1, -0.05) is 17.3 Å². The van der Waals surface area contributed by atoms with E-state index in [2.05, 4.69) is 20.8 Å². The fraction of sp³-hybridized carbons (Fsp3) is 0.400. The summed E-state index contributed by atoms with van der Waals surface area (Å²) in [5.74, 6) is 1.01. The topological polar surface area (TPSA) is 80.0 Å². The molecule has 2 rings (SSSR count). The Morgan fingerprint density at radius 3 is 2.76 bits per heavy atom. The third kappa shape index (κ3) is 4.30. The molecule has 0 radical (unpaired) electrons. The molecule has 0 saturated carbocycles. The van der Waals surface area contributed by atoms with Gasteiger partial charge in [-0.3, -0.25) is 4.79 Å². The molecule has 0 unspecified atom stereocenters. The molecule has 1 aromatic heterocycles. The van der Waals surface area contributed by atoms with Crippen LogP contribution in [-0.4, -0.2) is 28.6 Å². The van der Waals surface area contributed by atoms with Crippen LogP contribution in [-0.2, 0) is 6.42 Å².